The second-order valence-electron chi connectivity index (χ2n) is 6.13. The van der Waals surface area contributed by atoms with Crippen molar-refractivity contribution in [3.63, 3.8) is 0 Å². The number of likely N-dealkylation sites (tertiary alicyclic amines) is 1. The molecule has 1 aliphatic heterocycles. The summed E-state index contributed by atoms with van der Waals surface area (Å²) >= 11 is 0. The van der Waals surface area contributed by atoms with E-state index in [0.717, 1.165) is 17.7 Å². The third-order valence-electron chi connectivity index (χ3n) is 4.16. The standard InChI is InChI=1S/C18H22N4O3/c1-2-14-8-16(25-21-14)10-19-18(24)20-15-9-17(23)22(12-15)11-13-6-4-3-5-7-13/h3-8,15H,2,9-12H2,1H3,(H2,19,20,24)/t15-/m1/s1. The van der Waals surface area contributed by atoms with Gasteiger partial charge < -0.3 is 20.1 Å². The van der Waals surface area contributed by atoms with Crippen molar-refractivity contribution in [2.24, 2.45) is 0 Å². The molecule has 1 saturated heterocycles. The maximum Gasteiger partial charge on any atom is 0.315 e. The molecule has 7 heteroatoms. The van der Waals surface area contributed by atoms with E-state index in [1.807, 2.05) is 43.3 Å². The van der Waals surface area contributed by atoms with Gasteiger partial charge in [0.15, 0.2) is 5.76 Å². The van der Waals surface area contributed by atoms with Crippen molar-refractivity contribution in [2.45, 2.75) is 38.9 Å². The molecule has 7 nitrogen and oxygen atoms in total. The van der Waals surface area contributed by atoms with Gasteiger partial charge in [0.2, 0.25) is 5.91 Å². The van der Waals surface area contributed by atoms with Crippen molar-refractivity contribution in [1.29, 1.82) is 0 Å². The van der Waals surface area contributed by atoms with Gasteiger partial charge in [-0.05, 0) is 12.0 Å². The van der Waals surface area contributed by atoms with E-state index in [-0.39, 0.29) is 24.5 Å². The van der Waals surface area contributed by atoms with Crippen molar-refractivity contribution < 1.29 is 14.1 Å². The van der Waals surface area contributed by atoms with E-state index >= 15 is 0 Å². The second kappa shape index (κ2) is 7.83. The highest BCUT2D eigenvalue weighted by Gasteiger charge is 2.30. The number of nitrogens with zero attached hydrogens (tertiary/aromatic N) is 2. The summed E-state index contributed by atoms with van der Waals surface area (Å²) in [5.41, 5.74) is 1.94. The Kier molecular flexibility index (Phi) is 5.33. The van der Waals surface area contributed by atoms with Crippen LogP contribution < -0.4 is 10.6 Å². The van der Waals surface area contributed by atoms with Gasteiger partial charge in [-0.15, -0.1) is 0 Å². The van der Waals surface area contributed by atoms with Gasteiger partial charge in [0.05, 0.1) is 18.3 Å². The van der Waals surface area contributed by atoms with E-state index in [9.17, 15) is 9.59 Å². The molecule has 0 spiro atoms. The largest absolute Gasteiger partial charge is 0.359 e. The van der Waals surface area contributed by atoms with Gasteiger partial charge in [0.1, 0.15) is 0 Å². The number of carbonyl (C=O) groups is 2. The smallest absolute Gasteiger partial charge is 0.315 e. The highest BCUT2D eigenvalue weighted by Crippen LogP contribution is 2.15. The van der Waals surface area contributed by atoms with Crippen LogP contribution in [-0.2, 0) is 24.3 Å². The van der Waals surface area contributed by atoms with Crippen LogP contribution in [-0.4, -0.2) is 34.6 Å². The summed E-state index contributed by atoms with van der Waals surface area (Å²) < 4.78 is 5.12. The van der Waals surface area contributed by atoms with Gasteiger partial charge in [-0.25, -0.2) is 4.79 Å². The van der Waals surface area contributed by atoms with Crippen molar-refractivity contribution in [3.05, 3.63) is 53.4 Å². The van der Waals surface area contributed by atoms with Crippen LogP contribution >= 0.6 is 0 Å². The Morgan fingerprint density at radius 3 is 2.88 bits per heavy atom. The van der Waals surface area contributed by atoms with Crippen LogP contribution in [0.1, 0.15) is 30.4 Å². The Balaban J connectivity index is 1.45. The molecule has 0 saturated carbocycles. The molecule has 2 aromatic rings. The minimum Gasteiger partial charge on any atom is -0.359 e. The minimum atomic E-state index is -0.311. The topological polar surface area (TPSA) is 87.5 Å². The summed E-state index contributed by atoms with van der Waals surface area (Å²) in [4.78, 5) is 25.9. The molecule has 3 rings (SSSR count). The number of hydrogen-bond donors (Lipinski definition) is 2. The lowest BCUT2D eigenvalue weighted by molar-refractivity contribution is -0.128. The monoisotopic (exact) mass is 342 g/mol. The van der Waals surface area contributed by atoms with E-state index in [1.54, 1.807) is 4.90 Å². The fourth-order valence-corrected chi connectivity index (χ4v) is 2.84. The highest BCUT2D eigenvalue weighted by molar-refractivity contribution is 5.81. The average Bonchev–Trinajstić information content (AvgIpc) is 3.21. The maximum absolute atomic E-state index is 12.1. The average molecular weight is 342 g/mol. The molecule has 3 amide bonds. The first-order valence-electron chi connectivity index (χ1n) is 8.44. The molecule has 1 aliphatic rings. The van der Waals surface area contributed by atoms with E-state index in [0.29, 0.717) is 25.3 Å². The Bertz CT molecular complexity index is 729. The van der Waals surface area contributed by atoms with Gasteiger partial charge in [-0.3, -0.25) is 4.79 Å². The molecule has 0 bridgehead atoms. The minimum absolute atomic E-state index is 0.0528. The summed E-state index contributed by atoms with van der Waals surface area (Å²) in [6, 6.07) is 11.2. The third kappa shape index (κ3) is 4.59. The SMILES string of the molecule is CCc1cc(CNC(=O)N[C@@H]2CC(=O)N(Cc3ccccc3)C2)on1. The van der Waals surface area contributed by atoms with Crippen LogP contribution in [0.15, 0.2) is 40.9 Å². The van der Waals surface area contributed by atoms with Crippen LogP contribution in [0.2, 0.25) is 0 Å². The molecular formula is C18H22N4O3. The van der Waals surface area contributed by atoms with Crippen molar-refractivity contribution in [2.75, 3.05) is 6.54 Å². The molecular weight excluding hydrogens is 320 g/mol. The maximum atomic E-state index is 12.1. The number of carbonyl (C=O) groups excluding carboxylic acids is 2. The molecule has 132 valence electrons. The number of nitrogens with one attached hydrogen (secondary N) is 2. The van der Waals surface area contributed by atoms with Crippen LogP contribution in [0, 0.1) is 0 Å². The molecule has 1 aromatic carbocycles. The molecule has 2 N–H and O–H groups in total. The number of urea groups is 1. The lowest BCUT2D eigenvalue weighted by Gasteiger charge is -2.17. The molecule has 2 heterocycles. The zero-order chi connectivity index (χ0) is 17.6. The van der Waals surface area contributed by atoms with Gasteiger partial charge in [-0.1, -0.05) is 42.4 Å². The Morgan fingerprint density at radius 2 is 2.16 bits per heavy atom. The molecule has 0 unspecified atom stereocenters. The fraction of sp³-hybridized carbons (Fsp3) is 0.389. The van der Waals surface area contributed by atoms with Crippen LogP contribution in [0.25, 0.3) is 0 Å². The third-order valence-corrected chi connectivity index (χ3v) is 4.16. The van der Waals surface area contributed by atoms with Crippen molar-refractivity contribution in [1.82, 2.24) is 20.7 Å². The summed E-state index contributed by atoms with van der Waals surface area (Å²) in [6.07, 6.45) is 1.11. The predicted octanol–water partition coefficient (Wildman–Crippen LogP) is 1.84. The molecule has 1 fully saturated rings. The van der Waals surface area contributed by atoms with E-state index < -0.39 is 0 Å². The summed E-state index contributed by atoms with van der Waals surface area (Å²) in [7, 11) is 0. The summed E-state index contributed by atoms with van der Waals surface area (Å²) in [5, 5.41) is 9.45. The first kappa shape index (κ1) is 17.0. The van der Waals surface area contributed by atoms with Crippen molar-refractivity contribution >= 4 is 11.9 Å². The predicted molar refractivity (Wildman–Crippen MR) is 91.5 cm³/mol. The number of benzene rings is 1. The van der Waals surface area contributed by atoms with Gasteiger partial charge in [0.25, 0.3) is 0 Å². The summed E-state index contributed by atoms with van der Waals surface area (Å²) in [6.45, 7) is 3.34. The van der Waals surface area contributed by atoms with Gasteiger partial charge in [-0.2, -0.15) is 0 Å². The zero-order valence-electron chi connectivity index (χ0n) is 14.2. The first-order valence-corrected chi connectivity index (χ1v) is 8.44. The molecule has 25 heavy (non-hydrogen) atoms. The van der Waals surface area contributed by atoms with Crippen LogP contribution in [0.5, 0.6) is 0 Å². The second-order valence-corrected chi connectivity index (χ2v) is 6.13. The fourth-order valence-electron chi connectivity index (χ4n) is 2.84. The molecule has 1 aromatic heterocycles. The normalized spacial score (nSPS) is 16.9. The van der Waals surface area contributed by atoms with E-state index in [1.165, 1.54) is 0 Å². The van der Waals surface area contributed by atoms with E-state index in [4.69, 9.17) is 4.52 Å². The van der Waals surface area contributed by atoms with E-state index in [2.05, 4.69) is 15.8 Å². The first-order chi connectivity index (χ1) is 12.1. The number of aromatic nitrogens is 1. The van der Waals surface area contributed by atoms with Crippen molar-refractivity contribution in [3.8, 4) is 0 Å². The number of hydrogen-bond acceptors (Lipinski definition) is 4. The zero-order valence-corrected chi connectivity index (χ0v) is 14.2. The highest BCUT2D eigenvalue weighted by atomic mass is 16.5. The van der Waals surface area contributed by atoms with Gasteiger partial charge in [0, 0.05) is 25.6 Å². The lowest BCUT2D eigenvalue weighted by Crippen LogP contribution is -2.43. The Morgan fingerprint density at radius 1 is 1.36 bits per heavy atom. The Hall–Kier alpha value is -2.83. The molecule has 1 atom stereocenters. The molecule has 0 radical (unpaired) electrons. The number of amides is 3. The quantitative estimate of drug-likeness (QED) is 0.838. The van der Waals surface area contributed by atoms with Crippen LogP contribution in [0.3, 0.4) is 0 Å². The molecule has 0 aliphatic carbocycles. The number of rotatable bonds is 6. The van der Waals surface area contributed by atoms with Crippen LogP contribution in [0.4, 0.5) is 4.79 Å². The Labute approximate surface area is 146 Å². The summed E-state index contributed by atoms with van der Waals surface area (Å²) in [5.74, 6) is 0.664. The van der Waals surface area contributed by atoms with Gasteiger partial charge >= 0.3 is 6.03 Å². The lowest BCUT2D eigenvalue weighted by atomic mass is 10.2. The number of aryl methyl sites for hydroxylation is 1.